The van der Waals surface area contributed by atoms with Crippen molar-refractivity contribution in [2.75, 3.05) is 0 Å². The van der Waals surface area contributed by atoms with E-state index in [1.807, 2.05) is 24.3 Å². The van der Waals surface area contributed by atoms with Crippen LogP contribution >= 0.6 is 0 Å². The maximum atomic E-state index is 12.0. The topological polar surface area (TPSA) is 58.9 Å². The highest BCUT2D eigenvalue weighted by Gasteiger charge is 2.14. The van der Waals surface area contributed by atoms with Gasteiger partial charge >= 0.3 is 0 Å². The summed E-state index contributed by atoms with van der Waals surface area (Å²) in [5.41, 5.74) is 2.76. The number of aromatic amines is 1. The van der Waals surface area contributed by atoms with Gasteiger partial charge in [-0.1, -0.05) is 92.2 Å². The second-order valence-corrected chi connectivity index (χ2v) is 8.12. The number of para-hydroxylation sites is 2. The maximum Gasteiger partial charge on any atom is 0.293 e. The van der Waals surface area contributed by atoms with Gasteiger partial charge in [-0.3, -0.25) is 10.1 Å². The Balaban J connectivity index is 2.17. The summed E-state index contributed by atoms with van der Waals surface area (Å²) in [5.74, 6) is 0. The zero-order valence-electron chi connectivity index (χ0n) is 18.0. The number of nitrogens with zero attached hydrogens (tertiary/aromatic N) is 1. The molecule has 0 bridgehead atoms. The molecule has 1 aromatic heterocycles. The Morgan fingerprint density at radius 2 is 1.19 bits per heavy atom. The van der Waals surface area contributed by atoms with Crippen LogP contribution in [0.4, 0.5) is 5.69 Å². The molecule has 4 nitrogen and oxygen atoms in total. The van der Waals surface area contributed by atoms with Crippen molar-refractivity contribution in [3.8, 4) is 0 Å². The molecule has 0 amide bonds. The molecule has 4 aromatic carbocycles. The number of benzene rings is 4. The third-order valence-corrected chi connectivity index (χ3v) is 6.16. The van der Waals surface area contributed by atoms with Gasteiger partial charge in [0.2, 0.25) is 0 Å². The Morgan fingerprint density at radius 3 is 1.75 bits per heavy atom. The first kappa shape index (κ1) is 20.0. The predicted molar refractivity (Wildman–Crippen MR) is 134 cm³/mol. The summed E-state index contributed by atoms with van der Waals surface area (Å²) in [7, 11) is 0. The molecule has 0 fully saturated rings. The second kappa shape index (κ2) is 8.31. The zero-order chi connectivity index (χ0) is 22.1. The van der Waals surface area contributed by atoms with Gasteiger partial charge in [-0.25, -0.2) is 0 Å². The van der Waals surface area contributed by atoms with Gasteiger partial charge in [0.1, 0.15) is 5.52 Å². The number of nitro groups is 1. The SMILES string of the molecule is CCCCc1cccc2c1[nH]c1c([N+](=O)[O-])cccc1c1ccccc1c1ccccc21. The summed E-state index contributed by atoms with van der Waals surface area (Å²) in [6.45, 7) is 2.18. The summed E-state index contributed by atoms with van der Waals surface area (Å²) in [6, 6.07) is 28.2. The molecule has 0 aliphatic heterocycles. The van der Waals surface area contributed by atoms with E-state index in [-0.39, 0.29) is 10.6 Å². The number of H-pyrrole nitrogens is 1. The molecular formula is C28H24N2O2. The number of nitrogens with one attached hydrogen (secondary N) is 1. The quantitative estimate of drug-likeness (QED) is 0.236. The molecule has 0 saturated carbocycles. The summed E-state index contributed by atoms with van der Waals surface area (Å²) >= 11 is 0. The summed E-state index contributed by atoms with van der Waals surface area (Å²) < 4.78 is 0. The van der Waals surface area contributed by atoms with Crippen LogP contribution in [0.25, 0.3) is 43.4 Å². The van der Waals surface area contributed by atoms with Crippen molar-refractivity contribution in [3.05, 3.63) is 101 Å². The van der Waals surface area contributed by atoms with Crippen LogP contribution in [-0.4, -0.2) is 9.91 Å². The van der Waals surface area contributed by atoms with Crippen molar-refractivity contribution in [2.24, 2.45) is 0 Å². The van der Waals surface area contributed by atoms with Crippen LogP contribution in [-0.2, 0) is 6.42 Å². The van der Waals surface area contributed by atoms with Crippen molar-refractivity contribution in [2.45, 2.75) is 26.2 Å². The van der Waals surface area contributed by atoms with E-state index in [1.54, 1.807) is 12.1 Å². The van der Waals surface area contributed by atoms with Crippen LogP contribution in [0.3, 0.4) is 0 Å². The van der Waals surface area contributed by atoms with Gasteiger partial charge in [0, 0.05) is 22.4 Å². The maximum absolute atomic E-state index is 12.0. The number of nitro benzene ring substituents is 1. The van der Waals surface area contributed by atoms with Crippen molar-refractivity contribution in [3.63, 3.8) is 0 Å². The molecule has 158 valence electrons. The molecule has 4 heteroatoms. The fourth-order valence-electron chi connectivity index (χ4n) is 4.63. The molecule has 32 heavy (non-hydrogen) atoms. The molecule has 0 aliphatic rings. The smallest absolute Gasteiger partial charge is 0.293 e. The molecule has 0 aliphatic carbocycles. The van der Waals surface area contributed by atoms with Crippen molar-refractivity contribution >= 4 is 49.0 Å². The summed E-state index contributed by atoms with van der Waals surface area (Å²) in [6.07, 6.45) is 3.06. The van der Waals surface area contributed by atoms with E-state index in [0.29, 0.717) is 5.52 Å². The lowest BCUT2D eigenvalue weighted by Crippen LogP contribution is -1.93. The molecule has 1 N–H and O–H groups in total. The third kappa shape index (κ3) is 3.34. The van der Waals surface area contributed by atoms with Gasteiger partial charge in [-0.05, 0) is 39.9 Å². The molecule has 5 aromatic rings. The van der Waals surface area contributed by atoms with Gasteiger partial charge in [0.05, 0.1) is 4.92 Å². The highest BCUT2D eigenvalue weighted by atomic mass is 16.6. The Hall–Kier alpha value is -3.92. The van der Waals surface area contributed by atoms with Crippen molar-refractivity contribution < 1.29 is 4.92 Å². The number of hydrogen-bond acceptors (Lipinski definition) is 2. The average Bonchev–Trinajstić information content (AvgIpc) is 2.88. The van der Waals surface area contributed by atoms with Gasteiger partial charge in [0.15, 0.2) is 0 Å². The van der Waals surface area contributed by atoms with E-state index in [9.17, 15) is 10.1 Å². The average molecular weight is 421 g/mol. The van der Waals surface area contributed by atoms with E-state index in [1.165, 1.54) is 5.56 Å². The zero-order valence-corrected chi connectivity index (χ0v) is 18.0. The van der Waals surface area contributed by atoms with E-state index < -0.39 is 0 Å². The number of unbranched alkanes of at least 4 members (excludes halogenated alkanes) is 1. The molecule has 0 unspecified atom stereocenters. The fraction of sp³-hybridized carbons (Fsp3) is 0.143. The number of fused-ring (bicyclic) bond motifs is 7. The van der Waals surface area contributed by atoms with Crippen LogP contribution in [0.5, 0.6) is 0 Å². The Labute approximate surface area is 186 Å². The molecule has 1 heterocycles. The summed E-state index contributed by atoms with van der Waals surface area (Å²) in [4.78, 5) is 15.3. The van der Waals surface area contributed by atoms with Gasteiger partial charge in [-0.2, -0.15) is 0 Å². The monoisotopic (exact) mass is 420 g/mol. The van der Waals surface area contributed by atoms with Crippen LogP contribution in [0.1, 0.15) is 25.3 Å². The minimum atomic E-state index is -0.298. The van der Waals surface area contributed by atoms with Crippen LogP contribution in [0, 0.1) is 10.1 Å². The van der Waals surface area contributed by atoms with Gasteiger partial charge in [-0.15, -0.1) is 0 Å². The molecular weight excluding hydrogens is 396 g/mol. The number of hydrogen-bond donors (Lipinski definition) is 1. The van der Waals surface area contributed by atoms with E-state index >= 15 is 0 Å². The normalized spacial score (nSPS) is 11.3. The Bertz CT molecular complexity index is 1550. The van der Waals surface area contributed by atoms with Crippen LogP contribution < -0.4 is 0 Å². The van der Waals surface area contributed by atoms with Crippen molar-refractivity contribution in [1.82, 2.24) is 4.98 Å². The predicted octanol–water partition coefficient (Wildman–Crippen LogP) is 8.00. The molecule has 0 spiro atoms. The molecule has 0 radical (unpaired) electrons. The number of non-ortho nitro benzene ring substituents is 1. The number of rotatable bonds is 4. The first-order valence-corrected chi connectivity index (χ1v) is 11.0. The third-order valence-electron chi connectivity index (χ3n) is 6.16. The second-order valence-electron chi connectivity index (χ2n) is 8.12. The van der Waals surface area contributed by atoms with E-state index in [2.05, 4.69) is 60.4 Å². The van der Waals surface area contributed by atoms with Crippen LogP contribution in [0.2, 0.25) is 0 Å². The van der Waals surface area contributed by atoms with Crippen LogP contribution in [0.15, 0.2) is 84.9 Å². The van der Waals surface area contributed by atoms with Gasteiger partial charge in [0.25, 0.3) is 5.69 Å². The highest BCUT2D eigenvalue weighted by molar-refractivity contribution is 6.19. The minimum Gasteiger partial charge on any atom is -0.349 e. The molecule has 0 saturated heterocycles. The summed E-state index contributed by atoms with van der Waals surface area (Å²) in [5, 5.41) is 18.2. The first-order chi connectivity index (χ1) is 15.7. The molecule has 5 rings (SSSR count). The first-order valence-electron chi connectivity index (χ1n) is 11.0. The molecule has 0 atom stereocenters. The number of aromatic nitrogens is 1. The van der Waals surface area contributed by atoms with Gasteiger partial charge < -0.3 is 4.98 Å². The lowest BCUT2D eigenvalue weighted by molar-refractivity contribution is -0.383. The number of aryl methyl sites for hydroxylation is 1. The fourth-order valence-corrected chi connectivity index (χ4v) is 4.63. The van der Waals surface area contributed by atoms with E-state index in [0.717, 1.165) is 57.1 Å². The minimum absolute atomic E-state index is 0.0829. The largest absolute Gasteiger partial charge is 0.349 e. The standard InChI is InChI=1S/C28H24N2O2/c1-2-3-10-19-11-8-16-24-22-14-6-4-12-20(22)21-13-5-7-15-23(21)25-17-9-18-26(30(31)32)28(25)29-27(19)24/h4-9,11-18,29H,2-3,10H2,1H3. The van der Waals surface area contributed by atoms with Crippen molar-refractivity contribution in [1.29, 1.82) is 0 Å². The Kier molecular flexibility index (Phi) is 5.20. The highest BCUT2D eigenvalue weighted by Crippen LogP contribution is 2.34. The lowest BCUT2D eigenvalue weighted by atomic mass is 9.99. The van der Waals surface area contributed by atoms with E-state index in [4.69, 9.17) is 0 Å². The Morgan fingerprint density at radius 1 is 0.688 bits per heavy atom. The lowest BCUT2D eigenvalue weighted by Gasteiger charge is -2.07.